The van der Waals surface area contributed by atoms with E-state index in [1.54, 1.807) is 19.3 Å². The number of hydrogen-bond donors (Lipinski definition) is 2. The van der Waals surface area contributed by atoms with Gasteiger partial charge in [0.25, 0.3) is 0 Å². The molecule has 0 radical (unpaired) electrons. The number of rotatable bonds is 3. The molecule has 0 aliphatic rings. The van der Waals surface area contributed by atoms with Gasteiger partial charge in [0.1, 0.15) is 0 Å². The molecular formula is C11H11ClN2O2. The highest BCUT2D eigenvalue weighted by Gasteiger charge is 2.14. The first-order valence-electron chi connectivity index (χ1n) is 4.92. The van der Waals surface area contributed by atoms with Crippen LogP contribution in [-0.4, -0.2) is 21.0 Å². The van der Waals surface area contributed by atoms with Gasteiger partial charge in [0, 0.05) is 5.02 Å². The maximum atomic E-state index is 10.8. The van der Waals surface area contributed by atoms with Crippen molar-refractivity contribution in [3.8, 4) is 0 Å². The Labute approximate surface area is 97.3 Å². The van der Waals surface area contributed by atoms with E-state index < -0.39 is 11.9 Å². The Bertz CT molecular complexity index is 536. The predicted octanol–water partition coefficient (Wildman–Crippen LogP) is 2.48. The van der Waals surface area contributed by atoms with Crippen molar-refractivity contribution in [2.75, 3.05) is 0 Å². The van der Waals surface area contributed by atoms with Crippen molar-refractivity contribution in [3.63, 3.8) is 0 Å². The smallest absolute Gasteiger partial charge is 0.306 e. The number of nitrogens with one attached hydrogen (secondary N) is 1. The molecule has 0 aliphatic carbocycles. The number of aromatic amines is 1. The number of aliphatic carboxylic acids is 1. The zero-order chi connectivity index (χ0) is 11.7. The van der Waals surface area contributed by atoms with Crippen LogP contribution in [0.3, 0.4) is 0 Å². The first kappa shape index (κ1) is 11.0. The summed E-state index contributed by atoms with van der Waals surface area (Å²) in [5.74, 6) is -1.27. The van der Waals surface area contributed by atoms with Crippen molar-refractivity contribution in [1.82, 2.24) is 9.97 Å². The van der Waals surface area contributed by atoms with Crippen LogP contribution < -0.4 is 0 Å². The largest absolute Gasteiger partial charge is 0.481 e. The topological polar surface area (TPSA) is 66.0 Å². The fraction of sp³-hybridized carbons (Fsp3) is 0.273. The molecule has 16 heavy (non-hydrogen) atoms. The van der Waals surface area contributed by atoms with Crippen LogP contribution in [0.4, 0.5) is 0 Å². The quantitative estimate of drug-likeness (QED) is 0.863. The molecule has 2 rings (SSSR count). The summed E-state index contributed by atoms with van der Waals surface area (Å²) < 4.78 is 0. The Hall–Kier alpha value is -1.55. The number of H-pyrrole nitrogens is 1. The number of halogens is 1. The number of benzene rings is 1. The summed E-state index contributed by atoms with van der Waals surface area (Å²) in [7, 11) is 0. The Morgan fingerprint density at radius 3 is 3.06 bits per heavy atom. The molecule has 0 saturated carbocycles. The van der Waals surface area contributed by atoms with E-state index in [2.05, 4.69) is 9.97 Å². The average Bonchev–Trinajstić information content (AvgIpc) is 2.65. The molecule has 0 amide bonds. The Morgan fingerprint density at radius 1 is 1.62 bits per heavy atom. The number of carbonyl (C=O) groups is 1. The van der Waals surface area contributed by atoms with E-state index in [1.165, 1.54) is 0 Å². The number of imidazole rings is 1. The second kappa shape index (κ2) is 4.14. The van der Waals surface area contributed by atoms with Crippen molar-refractivity contribution < 1.29 is 9.90 Å². The van der Waals surface area contributed by atoms with Gasteiger partial charge in [0.2, 0.25) is 0 Å². The third kappa shape index (κ3) is 2.02. The first-order chi connectivity index (χ1) is 7.58. The predicted molar refractivity (Wildman–Crippen MR) is 61.6 cm³/mol. The number of fused-ring (bicyclic) bond motifs is 1. The molecule has 0 saturated heterocycles. The van der Waals surface area contributed by atoms with E-state index in [4.69, 9.17) is 16.7 Å². The van der Waals surface area contributed by atoms with Gasteiger partial charge in [0.15, 0.2) is 0 Å². The summed E-state index contributed by atoms with van der Waals surface area (Å²) >= 11 is 6.06. The van der Waals surface area contributed by atoms with E-state index in [0.717, 1.165) is 16.6 Å². The minimum Gasteiger partial charge on any atom is -0.481 e. The van der Waals surface area contributed by atoms with Crippen LogP contribution in [0.5, 0.6) is 0 Å². The normalized spacial score (nSPS) is 12.9. The molecule has 1 heterocycles. The Kier molecular flexibility index (Phi) is 2.83. The third-order valence-electron chi connectivity index (χ3n) is 2.54. The summed E-state index contributed by atoms with van der Waals surface area (Å²) in [6.45, 7) is 1.66. The summed E-state index contributed by atoms with van der Waals surface area (Å²) in [6.07, 6.45) is 2.01. The van der Waals surface area contributed by atoms with E-state index in [9.17, 15) is 4.79 Å². The van der Waals surface area contributed by atoms with Crippen molar-refractivity contribution in [1.29, 1.82) is 0 Å². The van der Waals surface area contributed by atoms with Gasteiger partial charge in [-0.15, -0.1) is 0 Å². The molecule has 1 aromatic heterocycles. The lowest BCUT2D eigenvalue weighted by atomic mass is 10.0. The number of hydrogen-bond acceptors (Lipinski definition) is 2. The number of aromatic nitrogens is 2. The standard InChI is InChI=1S/C11H11ClN2O2/c1-6(11(15)16)2-7-3-9-10(4-8(7)12)14-5-13-9/h3-6H,2H2,1H3,(H,13,14)(H,15,16). The minimum atomic E-state index is -0.819. The van der Waals surface area contributed by atoms with Crippen LogP contribution in [0.2, 0.25) is 5.02 Å². The molecule has 0 fully saturated rings. The van der Waals surface area contributed by atoms with Crippen molar-refractivity contribution in [3.05, 3.63) is 29.0 Å². The van der Waals surface area contributed by atoms with Gasteiger partial charge in [0.05, 0.1) is 23.3 Å². The summed E-state index contributed by atoms with van der Waals surface area (Å²) in [5, 5.41) is 9.41. The van der Waals surface area contributed by atoms with Crippen molar-refractivity contribution >= 4 is 28.6 Å². The maximum absolute atomic E-state index is 10.8. The van der Waals surface area contributed by atoms with Gasteiger partial charge in [-0.3, -0.25) is 4.79 Å². The average molecular weight is 239 g/mol. The monoisotopic (exact) mass is 238 g/mol. The maximum Gasteiger partial charge on any atom is 0.306 e. The summed E-state index contributed by atoms with van der Waals surface area (Å²) in [4.78, 5) is 17.8. The van der Waals surface area contributed by atoms with Gasteiger partial charge in [-0.25, -0.2) is 4.98 Å². The van der Waals surface area contributed by atoms with Crippen LogP contribution in [0.1, 0.15) is 12.5 Å². The van der Waals surface area contributed by atoms with Gasteiger partial charge in [-0.1, -0.05) is 18.5 Å². The number of carboxylic acids is 1. The van der Waals surface area contributed by atoms with Gasteiger partial charge >= 0.3 is 5.97 Å². The fourth-order valence-corrected chi connectivity index (χ4v) is 1.81. The lowest BCUT2D eigenvalue weighted by Crippen LogP contribution is -2.12. The molecule has 0 aliphatic heterocycles. The van der Waals surface area contributed by atoms with Crippen LogP contribution in [-0.2, 0) is 11.2 Å². The molecule has 1 aromatic carbocycles. The molecule has 5 heteroatoms. The number of nitrogens with zero attached hydrogens (tertiary/aromatic N) is 1. The molecule has 0 bridgehead atoms. The lowest BCUT2D eigenvalue weighted by Gasteiger charge is -2.08. The Morgan fingerprint density at radius 2 is 2.38 bits per heavy atom. The van der Waals surface area contributed by atoms with E-state index in [0.29, 0.717) is 11.4 Å². The first-order valence-corrected chi connectivity index (χ1v) is 5.30. The summed E-state index contributed by atoms with van der Waals surface area (Å²) in [6, 6.07) is 3.60. The zero-order valence-corrected chi connectivity index (χ0v) is 9.45. The van der Waals surface area contributed by atoms with Crippen LogP contribution in [0.15, 0.2) is 18.5 Å². The Balaban J connectivity index is 2.36. The molecule has 2 N–H and O–H groups in total. The van der Waals surface area contributed by atoms with E-state index >= 15 is 0 Å². The van der Waals surface area contributed by atoms with Gasteiger partial charge in [-0.05, 0) is 24.1 Å². The minimum absolute atomic E-state index is 0.420. The fourth-order valence-electron chi connectivity index (χ4n) is 1.57. The zero-order valence-electron chi connectivity index (χ0n) is 8.70. The number of carboxylic acid groups (broad SMARTS) is 1. The molecule has 84 valence electrons. The van der Waals surface area contributed by atoms with Crippen molar-refractivity contribution in [2.24, 2.45) is 5.92 Å². The van der Waals surface area contributed by atoms with E-state index in [1.807, 2.05) is 6.07 Å². The highest BCUT2D eigenvalue weighted by molar-refractivity contribution is 6.32. The van der Waals surface area contributed by atoms with Gasteiger partial charge in [-0.2, -0.15) is 0 Å². The van der Waals surface area contributed by atoms with E-state index in [-0.39, 0.29) is 0 Å². The van der Waals surface area contributed by atoms with Crippen LogP contribution >= 0.6 is 11.6 Å². The van der Waals surface area contributed by atoms with Crippen molar-refractivity contribution in [2.45, 2.75) is 13.3 Å². The molecule has 4 nitrogen and oxygen atoms in total. The lowest BCUT2D eigenvalue weighted by molar-refractivity contribution is -0.141. The third-order valence-corrected chi connectivity index (χ3v) is 2.89. The van der Waals surface area contributed by atoms with Crippen LogP contribution in [0, 0.1) is 5.92 Å². The molecular weight excluding hydrogens is 228 g/mol. The highest BCUT2D eigenvalue weighted by atomic mass is 35.5. The molecule has 0 spiro atoms. The molecule has 1 atom stereocenters. The second-order valence-corrected chi connectivity index (χ2v) is 4.21. The molecule has 1 unspecified atom stereocenters. The van der Waals surface area contributed by atoms with Gasteiger partial charge < -0.3 is 10.1 Å². The SMILES string of the molecule is CC(Cc1cc2[nH]cnc2cc1Cl)C(=O)O. The molecule has 2 aromatic rings. The highest BCUT2D eigenvalue weighted by Crippen LogP contribution is 2.24. The summed E-state index contributed by atoms with van der Waals surface area (Å²) in [5.41, 5.74) is 2.49. The second-order valence-electron chi connectivity index (χ2n) is 3.81. The van der Waals surface area contributed by atoms with Crippen LogP contribution in [0.25, 0.3) is 11.0 Å².